The summed E-state index contributed by atoms with van der Waals surface area (Å²) in [6.45, 7) is 3.26. The zero-order chi connectivity index (χ0) is 22.3. The standard InChI is InChI=1S/C24H24N6O2/c1-17-13-18(15-25-14-17)19-8-5-9-21(27-19)24(31)28-22-16-30(11-6-12-32-2)29-23(22)20-7-3-4-10-26-20/h3-5,7-10,13-16H,6,11-12H2,1-2H3,(H,28,31). The van der Waals surface area contributed by atoms with Gasteiger partial charge in [-0.25, -0.2) is 4.98 Å². The van der Waals surface area contributed by atoms with Crippen molar-refractivity contribution >= 4 is 11.6 Å². The molecule has 4 aromatic rings. The Bertz CT molecular complexity index is 1210. The minimum atomic E-state index is -0.318. The molecule has 0 unspecified atom stereocenters. The third-order valence-corrected chi connectivity index (χ3v) is 4.81. The van der Waals surface area contributed by atoms with E-state index in [-0.39, 0.29) is 5.91 Å². The van der Waals surface area contributed by atoms with E-state index in [2.05, 4.69) is 25.4 Å². The summed E-state index contributed by atoms with van der Waals surface area (Å²) in [6, 6.07) is 12.9. The van der Waals surface area contributed by atoms with Crippen molar-refractivity contribution in [1.29, 1.82) is 0 Å². The quantitative estimate of drug-likeness (QED) is 0.426. The number of nitrogens with zero attached hydrogens (tertiary/aromatic N) is 5. The lowest BCUT2D eigenvalue weighted by molar-refractivity contribution is 0.102. The second kappa shape index (κ2) is 9.93. The van der Waals surface area contributed by atoms with Crippen LogP contribution in [0.2, 0.25) is 0 Å². The average molecular weight is 428 g/mol. The summed E-state index contributed by atoms with van der Waals surface area (Å²) in [7, 11) is 1.67. The number of ether oxygens (including phenoxy) is 1. The van der Waals surface area contributed by atoms with E-state index >= 15 is 0 Å². The molecule has 0 saturated heterocycles. The first-order valence-corrected chi connectivity index (χ1v) is 10.3. The summed E-state index contributed by atoms with van der Waals surface area (Å²) in [5.74, 6) is -0.318. The summed E-state index contributed by atoms with van der Waals surface area (Å²) in [6.07, 6.45) is 7.84. The molecule has 0 aliphatic carbocycles. The maximum absolute atomic E-state index is 13.1. The van der Waals surface area contributed by atoms with Gasteiger partial charge in [0.05, 0.1) is 17.1 Å². The first-order valence-electron chi connectivity index (χ1n) is 10.3. The van der Waals surface area contributed by atoms with Gasteiger partial charge in [-0.15, -0.1) is 0 Å². The number of aryl methyl sites for hydroxylation is 2. The Morgan fingerprint density at radius 1 is 1.12 bits per heavy atom. The summed E-state index contributed by atoms with van der Waals surface area (Å²) in [5, 5.41) is 7.58. The fraction of sp³-hybridized carbons (Fsp3) is 0.208. The molecule has 4 heterocycles. The van der Waals surface area contributed by atoms with Gasteiger partial charge >= 0.3 is 0 Å². The third kappa shape index (κ3) is 5.04. The van der Waals surface area contributed by atoms with Gasteiger partial charge in [0.1, 0.15) is 11.4 Å². The van der Waals surface area contributed by atoms with E-state index < -0.39 is 0 Å². The summed E-state index contributed by atoms with van der Waals surface area (Å²) < 4.78 is 6.92. The fourth-order valence-electron chi connectivity index (χ4n) is 3.29. The lowest BCUT2D eigenvalue weighted by Gasteiger charge is -2.07. The number of carbonyl (C=O) groups is 1. The van der Waals surface area contributed by atoms with Gasteiger partial charge < -0.3 is 10.1 Å². The smallest absolute Gasteiger partial charge is 0.274 e. The van der Waals surface area contributed by atoms with Crippen LogP contribution in [0, 0.1) is 6.92 Å². The lowest BCUT2D eigenvalue weighted by Crippen LogP contribution is -2.14. The van der Waals surface area contributed by atoms with Crippen LogP contribution in [-0.4, -0.2) is 44.4 Å². The molecule has 4 aromatic heterocycles. The molecule has 32 heavy (non-hydrogen) atoms. The number of anilines is 1. The van der Waals surface area contributed by atoms with Crippen LogP contribution >= 0.6 is 0 Å². The van der Waals surface area contributed by atoms with Crippen molar-refractivity contribution in [3.63, 3.8) is 0 Å². The zero-order valence-corrected chi connectivity index (χ0v) is 18.0. The monoisotopic (exact) mass is 428 g/mol. The third-order valence-electron chi connectivity index (χ3n) is 4.81. The molecule has 1 N–H and O–H groups in total. The van der Waals surface area contributed by atoms with Crippen LogP contribution in [0.3, 0.4) is 0 Å². The number of hydrogen-bond donors (Lipinski definition) is 1. The number of amides is 1. The van der Waals surface area contributed by atoms with Gasteiger partial charge in [-0.1, -0.05) is 12.1 Å². The van der Waals surface area contributed by atoms with Crippen molar-refractivity contribution in [1.82, 2.24) is 24.7 Å². The Balaban J connectivity index is 1.60. The van der Waals surface area contributed by atoms with Crippen LogP contribution in [0.15, 0.2) is 67.3 Å². The van der Waals surface area contributed by atoms with E-state index in [0.717, 1.165) is 17.5 Å². The van der Waals surface area contributed by atoms with E-state index in [1.807, 2.05) is 49.5 Å². The molecule has 0 aromatic carbocycles. The van der Waals surface area contributed by atoms with Crippen molar-refractivity contribution in [2.24, 2.45) is 0 Å². The number of nitrogens with one attached hydrogen (secondary N) is 1. The topological polar surface area (TPSA) is 94.8 Å². The maximum atomic E-state index is 13.1. The molecule has 1 amide bonds. The van der Waals surface area contributed by atoms with E-state index in [9.17, 15) is 4.79 Å². The zero-order valence-electron chi connectivity index (χ0n) is 18.0. The molecule has 0 atom stereocenters. The largest absolute Gasteiger partial charge is 0.385 e. The predicted octanol–water partition coefficient (Wildman–Crippen LogP) is 4.00. The molecule has 0 aliphatic heterocycles. The molecular formula is C24H24N6O2. The van der Waals surface area contributed by atoms with Crippen LogP contribution in [-0.2, 0) is 11.3 Å². The van der Waals surface area contributed by atoms with Crippen LogP contribution in [0.1, 0.15) is 22.5 Å². The fourth-order valence-corrected chi connectivity index (χ4v) is 3.29. The van der Waals surface area contributed by atoms with E-state index in [4.69, 9.17) is 4.74 Å². The summed E-state index contributed by atoms with van der Waals surface area (Å²) in [4.78, 5) is 26.2. The van der Waals surface area contributed by atoms with Crippen molar-refractivity contribution in [2.45, 2.75) is 19.9 Å². The number of hydrogen-bond acceptors (Lipinski definition) is 6. The molecule has 8 nitrogen and oxygen atoms in total. The minimum absolute atomic E-state index is 0.308. The van der Waals surface area contributed by atoms with Gasteiger partial charge in [-0.2, -0.15) is 5.10 Å². The van der Waals surface area contributed by atoms with E-state index in [1.165, 1.54) is 0 Å². The second-order valence-electron chi connectivity index (χ2n) is 7.33. The van der Waals surface area contributed by atoms with Gasteiger partial charge in [0.15, 0.2) is 0 Å². The highest BCUT2D eigenvalue weighted by molar-refractivity contribution is 6.04. The molecule has 4 rings (SSSR count). The Morgan fingerprint density at radius 2 is 2.00 bits per heavy atom. The number of methoxy groups -OCH3 is 1. The van der Waals surface area contributed by atoms with Crippen LogP contribution < -0.4 is 5.32 Å². The predicted molar refractivity (Wildman–Crippen MR) is 122 cm³/mol. The van der Waals surface area contributed by atoms with Crippen molar-refractivity contribution in [3.8, 4) is 22.6 Å². The Labute approximate surface area is 186 Å². The highest BCUT2D eigenvalue weighted by Crippen LogP contribution is 2.25. The van der Waals surface area contributed by atoms with Crippen molar-refractivity contribution < 1.29 is 9.53 Å². The maximum Gasteiger partial charge on any atom is 0.274 e. The van der Waals surface area contributed by atoms with Crippen LogP contribution in [0.4, 0.5) is 5.69 Å². The lowest BCUT2D eigenvalue weighted by atomic mass is 10.1. The van der Waals surface area contributed by atoms with Crippen molar-refractivity contribution in [2.75, 3.05) is 19.0 Å². The van der Waals surface area contributed by atoms with Gasteiger partial charge in [0.25, 0.3) is 5.91 Å². The van der Waals surface area contributed by atoms with Crippen molar-refractivity contribution in [3.05, 3.63) is 78.5 Å². The molecule has 162 valence electrons. The first kappa shape index (κ1) is 21.3. The Kier molecular flexibility index (Phi) is 6.62. The second-order valence-corrected chi connectivity index (χ2v) is 7.33. The molecule has 8 heteroatoms. The molecule has 0 fully saturated rings. The Morgan fingerprint density at radius 3 is 2.78 bits per heavy atom. The normalized spacial score (nSPS) is 10.8. The highest BCUT2D eigenvalue weighted by Gasteiger charge is 2.17. The number of carbonyl (C=O) groups excluding carboxylic acids is 1. The Hall–Kier alpha value is -3.91. The van der Waals surface area contributed by atoms with Gasteiger partial charge in [-0.05, 0) is 49.2 Å². The van der Waals surface area contributed by atoms with Gasteiger partial charge in [0, 0.05) is 50.6 Å². The SMILES string of the molecule is COCCCn1cc(NC(=O)c2cccc(-c3cncc(C)c3)n2)c(-c2ccccn2)n1. The first-order chi connectivity index (χ1) is 15.6. The van der Waals surface area contributed by atoms with E-state index in [1.54, 1.807) is 36.4 Å². The van der Waals surface area contributed by atoms with Gasteiger partial charge in [0.2, 0.25) is 0 Å². The summed E-state index contributed by atoms with van der Waals surface area (Å²) in [5.41, 5.74) is 4.75. The average Bonchev–Trinajstić information content (AvgIpc) is 3.22. The number of pyridine rings is 3. The molecule has 0 radical (unpaired) electrons. The molecular weight excluding hydrogens is 404 g/mol. The van der Waals surface area contributed by atoms with Gasteiger partial charge in [-0.3, -0.25) is 19.4 Å². The highest BCUT2D eigenvalue weighted by atomic mass is 16.5. The molecule has 0 saturated carbocycles. The minimum Gasteiger partial charge on any atom is -0.385 e. The number of aromatic nitrogens is 5. The van der Waals surface area contributed by atoms with E-state index in [0.29, 0.717) is 41.6 Å². The van der Waals surface area contributed by atoms with Crippen LogP contribution in [0.5, 0.6) is 0 Å². The number of rotatable bonds is 8. The molecule has 0 spiro atoms. The molecule has 0 bridgehead atoms. The van der Waals surface area contributed by atoms with Crippen LogP contribution in [0.25, 0.3) is 22.6 Å². The summed E-state index contributed by atoms with van der Waals surface area (Å²) >= 11 is 0. The molecule has 0 aliphatic rings.